The van der Waals surface area contributed by atoms with Crippen molar-refractivity contribution in [1.82, 2.24) is 0 Å². The van der Waals surface area contributed by atoms with Gasteiger partial charge in [0.15, 0.2) is 0 Å². The van der Waals surface area contributed by atoms with Crippen LogP contribution in [0, 0.1) is 0 Å². The van der Waals surface area contributed by atoms with E-state index in [4.69, 9.17) is 0 Å². The van der Waals surface area contributed by atoms with E-state index < -0.39 is 0 Å². The molecule has 0 heterocycles. The minimum Gasteiger partial charge on any atom is -0.0807 e. The molecule has 0 N–H and O–H groups in total. The summed E-state index contributed by atoms with van der Waals surface area (Å²) in [5, 5.41) is 0. The third-order valence-corrected chi connectivity index (χ3v) is 2.94. The highest BCUT2D eigenvalue weighted by atomic mass is 79.9. The van der Waals surface area contributed by atoms with E-state index in [1.807, 2.05) is 0 Å². The van der Waals surface area contributed by atoms with Crippen LogP contribution in [0.4, 0.5) is 0 Å². The van der Waals surface area contributed by atoms with Crippen molar-refractivity contribution in [1.29, 1.82) is 0 Å². The van der Waals surface area contributed by atoms with Gasteiger partial charge in [-0.25, -0.2) is 0 Å². The van der Waals surface area contributed by atoms with Gasteiger partial charge in [0, 0.05) is 4.47 Å². The second-order valence-corrected chi connectivity index (χ2v) is 4.69. The highest BCUT2D eigenvalue weighted by Gasteiger charge is 1.99. The van der Waals surface area contributed by atoms with E-state index >= 15 is 0 Å². The normalized spacial score (nSPS) is 11.8. The van der Waals surface area contributed by atoms with Crippen LogP contribution < -0.4 is 0 Å². The molecule has 0 bridgehead atoms. The Balaban J connectivity index is 2.83. The smallest absolute Gasteiger partial charge is 0.0175 e. The molecule has 0 amide bonds. The SMILES string of the molecule is CCC/C=C(\CCC)c1ccc(Br)cc1. The van der Waals surface area contributed by atoms with E-state index in [1.165, 1.54) is 36.8 Å². The van der Waals surface area contributed by atoms with Gasteiger partial charge in [-0.1, -0.05) is 60.8 Å². The minimum absolute atomic E-state index is 1.15. The maximum Gasteiger partial charge on any atom is 0.0175 e. The molecule has 0 atom stereocenters. The van der Waals surface area contributed by atoms with Gasteiger partial charge in [-0.3, -0.25) is 0 Å². The molecule has 1 aromatic carbocycles. The van der Waals surface area contributed by atoms with Gasteiger partial charge in [0.05, 0.1) is 0 Å². The van der Waals surface area contributed by atoms with Gasteiger partial charge in [0.2, 0.25) is 0 Å². The summed E-state index contributed by atoms with van der Waals surface area (Å²) in [6.45, 7) is 4.46. The van der Waals surface area contributed by atoms with Crippen LogP contribution in [0.2, 0.25) is 0 Å². The fourth-order valence-electron chi connectivity index (χ4n) is 1.62. The lowest BCUT2D eigenvalue weighted by Gasteiger charge is -2.06. The molecule has 0 fully saturated rings. The van der Waals surface area contributed by atoms with Crippen LogP contribution in [-0.2, 0) is 0 Å². The molecule has 1 aromatic rings. The summed E-state index contributed by atoms with van der Waals surface area (Å²) in [4.78, 5) is 0. The lowest BCUT2D eigenvalue weighted by atomic mass is 10.00. The van der Waals surface area contributed by atoms with Crippen LogP contribution in [-0.4, -0.2) is 0 Å². The highest BCUT2D eigenvalue weighted by Crippen LogP contribution is 2.22. The maximum absolute atomic E-state index is 3.47. The number of rotatable bonds is 5. The van der Waals surface area contributed by atoms with Gasteiger partial charge < -0.3 is 0 Å². The van der Waals surface area contributed by atoms with E-state index in [9.17, 15) is 0 Å². The summed E-state index contributed by atoms with van der Waals surface area (Å²) in [6, 6.07) is 8.62. The average Bonchev–Trinajstić information content (AvgIpc) is 2.25. The molecule has 0 nitrogen and oxygen atoms in total. The van der Waals surface area contributed by atoms with Crippen molar-refractivity contribution in [2.24, 2.45) is 0 Å². The Labute approximate surface area is 102 Å². The minimum atomic E-state index is 1.15. The molecule has 0 unspecified atom stereocenters. The Hall–Kier alpha value is -0.560. The number of hydrogen-bond acceptors (Lipinski definition) is 0. The Bertz CT molecular complexity index is 309. The molecule has 1 heteroatoms. The number of allylic oxidation sites excluding steroid dienone is 2. The first-order valence-corrected chi connectivity index (χ1v) is 6.52. The zero-order valence-electron chi connectivity index (χ0n) is 9.59. The summed E-state index contributed by atoms with van der Waals surface area (Å²) < 4.78 is 1.15. The van der Waals surface area contributed by atoms with E-state index in [0.717, 1.165) is 4.47 Å². The lowest BCUT2D eigenvalue weighted by Crippen LogP contribution is -1.84. The Kier molecular flexibility index (Phi) is 5.70. The first kappa shape index (κ1) is 12.5. The molecule has 1 rings (SSSR count). The first-order chi connectivity index (χ1) is 7.27. The molecule has 82 valence electrons. The first-order valence-electron chi connectivity index (χ1n) is 5.73. The third kappa shape index (κ3) is 4.21. The van der Waals surface area contributed by atoms with Crippen molar-refractivity contribution in [3.8, 4) is 0 Å². The van der Waals surface area contributed by atoms with E-state index in [-0.39, 0.29) is 0 Å². The Morgan fingerprint density at radius 3 is 2.33 bits per heavy atom. The van der Waals surface area contributed by atoms with Gasteiger partial charge in [0.25, 0.3) is 0 Å². The largest absolute Gasteiger partial charge is 0.0807 e. The summed E-state index contributed by atoms with van der Waals surface area (Å²) in [6.07, 6.45) is 7.19. The van der Waals surface area contributed by atoms with Crippen molar-refractivity contribution in [2.45, 2.75) is 39.5 Å². The summed E-state index contributed by atoms with van der Waals surface area (Å²) in [5.74, 6) is 0. The number of unbranched alkanes of at least 4 members (excludes halogenated alkanes) is 1. The van der Waals surface area contributed by atoms with Crippen molar-refractivity contribution < 1.29 is 0 Å². The topological polar surface area (TPSA) is 0 Å². The van der Waals surface area contributed by atoms with Gasteiger partial charge in [-0.15, -0.1) is 0 Å². The fourth-order valence-corrected chi connectivity index (χ4v) is 1.88. The van der Waals surface area contributed by atoms with Crippen LogP contribution in [0.25, 0.3) is 5.57 Å². The van der Waals surface area contributed by atoms with Crippen molar-refractivity contribution >= 4 is 21.5 Å². The molecular formula is C14H19Br. The molecule has 0 spiro atoms. The standard InChI is InChI=1S/C14H19Br/c1-3-5-7-12(6-4-2)13-8-10-14(15)11-9-13/h7-11H,3-6H2,1-2H3/b12-7+. The zero-order chi connectivity index (χ0) is 11.1. The summed E-state index contributed by atoms with van der Waals surface area (Å²) in [5.41, 5.74) is 2.86. The molecule has 0 aliphatic rings. The van der Waals surface area contributed by atoms with Crippen molar-refractivity contribution in [2.75, 3.05) is 0 Å². The summed E-state index contributed by atoms with van der Waals surface area (Å²) in [7, 11) is 0. The van der Waals surface area contributed by atoms with Crippen LogP contribution in [0.1, 0.15) is 45.1 Å². The Morgan fingerprint density at radius 1 is 1.13 bits per heavy atom. The van der Waals surface area contributed by atoms with Crippen LogP contribution in [0.3, 0.4) is 0 Å². The van der Waals surface area contributed by atoms with Gasteiger partial charge >= 0.3 is 0 Å². The second-order valence-electron chi connectivity index (χ2n) is 3.77. The molecule has 0 aromatic heterocycles. The fraction of sp³-hybridized carbons (Fsp3) is 0.429. The molecule has 15 heavy (non-hydrogen) atoms. The molecule has 0 saturated carbocycles. The van der Waals surface area contributed by atoms with E-state index in [1.54, 1.807) is 0 Å². The molecule has 0 saturated heterocycles. The monoisotopic (exact) mass is 266 g/mol. The van der Waals surface area contributed by atoms with Crippen LogP contribution in [0.15, 0.2) is 34.8 Å². The average molecular weight is 267 g/mol. The Morgan fingerprint density at radius 2 is 1.80 bits per heavy atom. The van der Waals surface area contributed by atoms with Gasteiger partial charge in [-0.05, 0) is 36.1 Å². The second kappa shape index (κ2) is 6.84. The van der Waals surface area contributed by atoms with E-state index in [0.29, 0.717) is 0 Å². The quantitative estimate of drug-likeness (QED) is 0.667. The summed E-state index contributed by atoms with van der Waals surface area (Å²) >= 11 is 3.47. The molecule has 0 aliphatic carbocycles. The predicted molar refractivity (Wildman–Crippen MR) is 71.9 cm³/mol. The van der Waals surface area contributed by atoms with Crippen LogP contribution in [0.5, 0.6) is 0 Å². The molecule has 0 aliphatic heterocycles. The third-order valence-electron chi connectivity index (χ3n) is 2.41. The zero-order valence-corrected chi connectivity index (χ0v) is 11.2. The van der Waals surface area contributed by atoms with Crippen molar-refractivity contribution in [3.63, 3.8) is 0 Å². The number of benzene rings is 1. The maximum atomic E-state index is 3.47. The van der Waals surface area contributed by atoms with Gasteiger partial charge in [0.1, 0.15) is 0 Å². The predicted octanol–water partition coefficient (Wildman–Crippen LogP) is 5.43. The highest BCUT2D eigenvalue weighted by molar-refractivity contribution is 9.10. The van der Waals surface area contributed by atoms with Crippen LogP contribution >= 0.6 is 15.9 Å². The molecule has 0 radical (unpaired) electrons. The number of halogens is 1. The number of hydrogen-bond donors (Lipinski definition) is 0. The van der Waals surface area contributed by atoms with Crippen molar-refractivity contribution in [3.05, 3.63) is 40.4 Å². The van der Waals surface area contributed by atoms with Gasteiger partial charge in [-0.2, -0.15) is 0 Å². The van der Waals surface area contributed by atoms with E-state index in [2.05, 4.69) is 60.1 Å². The molecular weight excluding hydrogens is 248 g/mol. The lowest BCUT2D eigenvalue weighted by molar-refractivity contribution is 0.933.